The molecule has 0 aliphatic carbocycles. The Balaban J connectivity index is 2.06. The van der Waals surface area contributed by atoms with Crippen molar-refractivity contribution >= 4 is 11.0 Å². The van der Waals surface area contributed by atoms with Crippen LogP contribution in [0.2, 0.25) is 0 Å². The highest BCUT2D eigenvalue weighted by atomic mass is 14.9. The van der Waals surface area contributed by atoms with Gasteiger partial charge >= 0.3 is 0 Å². The summed E-state index contributed by atoms with van der Waals surface area (Å²) in [6.07, 6.45) is 0. The molecule has 0 saturated carbocycles. The monoisotopic (exact) mass is 251 g/mol. The van der Waals surface area contributed by atoms with Crippen LogP contribution < -0.4 is 5.73 Å². The molecule has 19 heavy (non-hydrogen) atoms. The van der Waals surface area contributed by atoms with Crippen LogP contribution in [0.3, 0.4) is 0 Å². The zero-order valence-corrected chi connectivity index (χ0v) is 10.9. The molecule has 3 nitrogen and oxygen atoms in total. The third kappa shape index (κ3) is 2.25. The summed E-state index contributed by atoms with van der Waals surface area (Å²) in [5.41, 5.74) is 10.1. The second-order valence-electron chi connectivity index (χ2n) is 4.86. The van der Waals surface area contributed by atoms with Crippen molar-refractivity contribution in [1.29, 1.82) is 0 Å². The first kappa shape index (κ1) is 11.9. The summed E-state index contributed by atoms with van der Waals surface area (Å²) in [7, 11) is 0. The summed E-state index contributed by atoms with van der Waals surface area (Å²) >= 11 is 0. The lowest BCUT2D eigenvalue weighted by Gasteiger charge is -2.07. The molecule has 3 rings (SSSR count). The Morgan fingerprint density at radius 1 is 1.16 bits per heavy atom. The highest BCUT2D eigenvalue weighted by molar-refractivity contribution is 5.80. The van der Waals surface area contributed by atoms with E-state index < -0.39 is 0 Å². The minimum atomic E-state index is 0.368. The van der Waals surface area contributed by atoms with Gasteiger partial charge < -0.3 is 10.7 Å². The molecule has 0 bridgehead atoms. The summed E-state index contributed by atoms with van der Waals surface area (Å²) in [5, 5.41) is 0. The van der Waals surface area contributed by atoms with Gasteiger partial charge in [-0.2, -0.15) is 0 Å². The van der Waals surface area contributed by atoms with Crippen LogP contribution in [0.15, 0.2) is 48.5 Å². The van der Waals surface area contributed by atoms with Crippen molar-refractivity contribution in [2.24, 2.45) is 5.73 Å². The van der Waals surface area contributed by atoms with E-state index in [0.717, 1.165) is 22.4 Å². The molecule has 96 valence electrons. The van der Waals surface area contributed by atoms with Gasteiger partial charge in [-0.3, -0.25) is 0 Å². The van der Waals surface area contributed by atoms with Crippen molar-refractivity contribution in [3.05, 3.63) is 54.1 Å². The second kappa shape index (κ2) is 4.86. The van der Waals surface area contributed by atoms with Crippen molar-refractivity contribution in [1.82, 2.24) is 9.97 Å². The molecule has 3 heteroatoms. The van der Waals surface area contributed by atoms with Crippen molar-refractivity contribution in [3.63, 3.8) is 0 Å². The largest absolute Gasteiger partial charge is 0.338 e. The van der Waals surface area contributed by atoms with Gasteiger partial charge in [0.05, 0.1) is 11.0 Å². The van der Waals surface area contributed by atoms with E-state index in [2.05, 4.69) is 47.2 Å². The summed E-state index contributed by atoms with van der Waals surface area (Å²) in [5.74, 6) is 1.28. The van der Waals surface area contributed by atoms with Gasteiger partial charge in [0.2, 0.25) is 0 Å². The number of nitrogens with zero attached hydrogens (tertiary/aromatic N) is 1. The Morgan fingerprint density at radius 3 is 2.68 bits per heavy atom. The molecule has 1 heterocycles. The first-order chi connectivity index (χ1) is 9.28. The average Bonchev–Trinajstić information content (AvgIpc) is 2.90. The Kier molecular flexibility index (Phi) is 3.05. The number of aromatic amines is 1. The predicted octanol–water partition coefficient (Wildman–Crippen LogP) is 3.29. The Labute approximate surface area is 112 Å². The molecular weight excluding hydrogens is 234 g/mol. The molecule has 0 radical (unpaired) electrons. The number of benzene rings is 2. The molecule has 0 aliphatic rings. The summed E-state index contributed by atoms with van der Waals surface area (Å²) < 4.78 is 0. The number of imidazole rings is 1. The minimum Gasteiger partial charge on any atom is -0.338 e. The average molecular weight is 251 g/mol. The Hall–Kier alpha value is -2.13. The van der Waals surface area contributed by atoms with Gasteiger partial charge in [-0.25, -0.2) is 4.98 Å². The molecule has 0 saturated heterocycles. The third-order valence-corrected chi connectivity index (χ3v) is 3.48. The molecule has 3 N–H and O–H groups in total. The first-order valence-electron chi connectivity index (χ1n) is 6.53. The molecule has 2 aromatic carbocycles. The van der Waals surface area contributed by atoms with E-state index in [0.29, 0.717) is 12.5 Å². The number of nitrogens with two attached hydrogens (primary N) is 1. The fourth-order valence-corrected chi connectivity index (χ4v) is 2.20. The fraction of sp³-hybridized carbons (Fsp3) is 0.188. The normalized spacial score (nSPS) is 12.7. The lowest BCUT2D eigenvalue weighted by molar-refractivity contribution is 0.775. The smallest absolute Gasteiger partial charge is 0.138 e. The van der Waals surface area contributed by atoms with Crippen molar-refractivity contribution in [3.8, 4) is 11.4 Å². The van der Waals surface area contributed by atoms with Crippen LogP contribution in [0.5, 0.6) is 0 Å². The van der Waals surface area contributed by atoms with Gasteiger partial charge in [0.25, 0.3) is 0 Å². The van der Waals surface area contributed by atoms with Crippen molar-refractivity contribution in [2.45, 2.75) is 12.8 Å². The number of hydrogen-bond acceptors (Lipinski definition) is 2. The van der Waals surface area contributed by atoms with Gasteiger partial charge in [0, 0.05) is 5.56 Å². The fourth-order valence-electron chi connectivity index (χ4n) is 2.20. The lowest BCUT2D eigenvalue weighted by atomic mass is 10.0. The van der Waals surface area contributed by atoms with Crippen LogP contribution in [-0.2, 0) is 0 Å². The van der Waals surface area contributed by atoms with Gasteiger partial charge in [-0.05, 0) is 30.2 Å². The van der Waals surface area contributed by atoms with E-state index in [1.165, 1.54) is 5.56 Å². The standard InChI is InChI=1S/C16H17N3/c1-11(10-17)13-7-8-14-15(9-13)19-16(18-14)12-5-3-2-4-6-12/h2-9,11H,10,17H2,1H3,(H,18,19). The van der Waals surface area contributed by atoms with E-state index in [1.807, 2.05) is 18.2 Å². The maximum Gasteiger partial charge on any atom is 0.138 e. The van der Waals surface area contributed by atoms with Gasteiger partial charge in [-0.15, -0.1) is 0 Å². The number of fused-ring (bicyclic) bond motifs is 1. The quantitative estimate of drug-likeness (QED) is 0.750. The van der Waals surface area contributed by atoms with Gasteiger partial charge in [0.1, 0.15) is 5.82 Å². The highest BCUT2D eigenvalue weighted by Crippen LogP contribution is 2.23. The number of rotatable bonds is 3. The van der Waals surface area contributed by atoms with E-state index >= 15 is 0 Å². The SMILES string of the molecule is CC(CN)c1ccc2nc(-c3ccccc3)[nH]c2c1. The molecule has 0 fully saturated rings. The molecular formula is C16H17N3. The third-order valence-electron chi connectivity index (χ3n) is 3.48. The zero-order valence-electron chi connectivity index (χ0n) is 10.9. The first-order valence-corrected chi connectivity index (χ1v) is 6.53. The van der Waals surface area contributed by atoms with Gasteiger partial charge in [-0.1, -0.05) is 43.3 Å². The molecule has 3 aromatic rings. The van der Waals surface area contributed by atoms with Crippen molar-refractivity contribution in [2.75, 3.05) is 6.54 Å². The van der Waals surface area contributed by atoms with Crippen LogP contribution in [0.4, 0.5) is 0 Å². The topological polar surface area (TPSA) is 54.7 Å². The maximum absolute atomic E-state index is 5.72. The Bertz CT molecular complexity index is 686. The summed E-state index contributed by atoms with van der Waals surface area (Å²) in [6.45, 7) is 2.79. The van der Waals surface area contributed by atoms with Crippen LogP contribution in [0.25, 0.3) is 22.4 Å². The molecule has 0 amide bonds. The molecule has 0 spiro atoms. The number of nitrogens with one attached hydrogen (secondary N) is 1. The van der Waals surface area contributed by atoms with Gasteiger partial charge in [0.15, 0.2) is 0 Å². The molecule has 1 unspecified atom stereocenters. The minimum absolute atomic E-state index is 0.368. The van der Waals surface area contributed by atoms with E-state index in [-0.39, 0.29) is 0 Å². The van der Waals surface area contributed by atoms with E-state index in [9.17, 15) is 0 Å². The van der Waals surface area contributed by atoms with E-state index in [1.54, 1.807) is 0 Å². The molecule has 1 aromatic heterocycles. The van der Waals surface area contributed by atoms with E-state index in [4.69, 9.17) is 5.73 Å². The molecule has 0 aliphatic heterocycles. The van der Waals surface area contributed by atoms with Crippen LogP contribution in [-0.4, -0.2) is 16.5 Å². The highest BCUT2D eigenvalue weighted by Gasteiger charge is 2.08. The number of aromatic nitrogens is 2. The van der Waals surface area contributed by atoms with Crippen LogP contribution in [0.1, 0.15) is 18.4 Å². The predicted molar refractivity (Wildman–Crippen MR) is 79.0 cm³/mol. The van der Waals surface area contributed by atoms with Crippen molar-refractivity contribution < 1.29 is 0 Å². The second-order valence-corrected chi connectivity index (χ2v) is 4.86. The number of hydrogen-bond donors (Lipinski definition) is 2. The molecule has 1 atom stereocenters. The van der Waals surface area contributed by atoms with Crippen LogP contribution >= 0.6 is 0 Å². The zero-order chi connectivity index (χ0) is 13.2. The summed E-state index contributed by atoms with van der Waals surface area (Å²) in [4.78, 5) is 8.00. The Morgan fingerprint density at radius 2 is 1.95 bits per heavy atom. The number of H-pyrrole nitrogens is 1. The maximum atomic E-state index is 5.72. The summed E-state index contributed by atoms with van der Waals surface area (Å²) in [6, 6.07) is 16.5. The van der Waals surface area contributed by atoms with Crippen LogP contribution in [0, 0.1) is 0 Å². The lowest BCUT2D eigenvalue weighted by Crippen LogP contribution is -2.08.